The number of rotatable bonds is 4. The number of aromatic amines is 1. The average molecular weight is 341 g/mol. The summed E-state index contributed by atoms with van der Waals surface area (Å²) in [6.07, 6.45) is 0. The second-order valence-electron chi connectivity index (χ2n) is 5.85. The van der Waals surface area contributed by atoms with Gasteiger partial charge in [-0.2, -0.15) is 0 Å². The van der Waals surface area contributed by atoms with E-state index in [0.717, 1.165) is 21.3 Å². The first-order chi connectivity index (χ1) is 8.90. The fourth-order valence-electron chi connectivity index (χ4n) is 2.72. The van der Waals surface area contributed by atoms with E-state index < -0.39 is 0 Å². The van der Waals surface area contributed by atoms with E-state index in [2.05, 4.69) is 71.4 Å². The van der Waals surface area contributed by atoms with E-state index in [0.29, 0.717) is 17.8 Å². The molecule has 4 heteroatoms. The highest BCUT2D eigenvalue weighted by Gasteiger charge is 2.19. The van der Waals surface area contributed by atoms with Gasteiger partial charge in [-0.05, 0) is 48.2 Å². The molecular formula is C15H21BrN2S. The molecular weight excluding hydrogens is 320 g/mol. The van der Waals surface area contributed by atoms with Gasteiger partial charge in [-0.1, -0.05) is 43.6 Å². The molecule has 0 saturated carbocycles. The highest BCUT2D eigenvalue weighted by atomic mass is 79.9. The van der Waals surface area contributed by atoms with E-state index in [-0.39, 0.29) is 0 Å². The lowest BCUT2D eigenvalue weighted by Crippen LogP contribution is -2.21. The standard InChI is InChI=1S/C15H21BrN2S/c1-9(2)12(10(3)4)8-18-14-6-5-11(16)7-13(14)17-15(18)19/h5-7,9-10,12H,8H2,1-4H3,(H,17,19). The van der Waals surface area contributed by atoms with Crippen molar-refractivity contribution >= 4 is 39.2 Å². The fraction of sp³-hybridized carbons (Fsp3) is 0.533. The van der Waals surface area contributed by atoms with Gasteiger partial charge in [-0.3, -0.25) is 0 Å². The minimum atomic E-state index is 0.634. The van der Waals surface area contributed by atoms with Crippen molar-refractivity contribution in [3.63, 3.8) is 0 Å². The van der Waals surface area contributed by atoms with Gasteiger partial charge in [0.05, 0.1) is 11.0 Å². The highest BCUT2D eigenvalue weighted by Crippen LogP contribution is 2.26. The van der Waals surface area contributed by atoms with Crippen LogP contribution in [0.25, 0.3) is 11.0 Å². The smallest absolute Gasteiger partial charge is 0.178 e. The molecule has 0 amide bonds. The van der Waals surface area contributed by atoms with E-state index >= 15 is 0 Å². The minimum absolute atomic E-state index is 0.634. The molecule has 2 aromatic rings. The maximum Gasteiger partial charge on any atom is 0.178 e. The van der Waals surface area contributed by atoms with Crippen LogP contribution in [0.4, 0.5) is 0 Å². The van der Waals surface area contributed by atoms with Crippen LogP contribution in [0.2, 0.25) is 0 Å². The molecule has 1 aromatic heterocycles. The zero-order valence-electron chi connectivity index (χ0n) is 11.9. The van der Waals surface area contributed by atoms with E-state index in [4.69, 9.17) is 12.2 Å². The van der Waals surface area contributed by atoms with Gasteiger partial charge in [0.1, 0.15) is 0 Å². The van der Waals surface area contributed by atoms with Crippen LogP contribution < -0.4 is 0 Å². The van der Waals surface area contributed by atoms with Crippen LogP contribution in [0.1, 0.15) is 27.7 Å². The lowest BCUT2D eigenvalue weighted by atomic mass is 9.85. The summed E-state index contributed by atoms with van der Waals surface area (Å²) in [5.74, 6) is 1.94. The lowest BCUT2D eigenvalue weighted by Gasteiger charge is -2.25. The highest BCUT2D eigenvalue weighted by molar-refractivity contribution is 9.10. The molecule has 1 N–H and O–H groups in total. The zero-order chi connectivity index (χ0) is 14.2. The van der Waals surface area contributed by atoms with Gasteiger partial charge in [0.15, 0.2) is 4.77 Å². The van der Waals surface area contributed by atoms with E-state index in [1.54, 1.807) is 0 Å². The molecule has 0 unspecified atom stereocenters. The largest absolute Gasteiger partial charge is 0.331 e. The van der Waals surface area contributed by atoms with Crippen LogP contribution in [0.5, 0.6) is 0 Å². The Labute approximate surface area is 128 Å². The molecule has 0 aliphatic heterocycles. The Balaban J connectivity index is 2.45. The number of imidazole rings is 1. The molecule has 104 valence electrons. The van der Waals surface area contributed by atoms with Crippen molar-refractivity contribution in [1.29, 1.82) is 0 Å². The van der Waals surface area contributed by atoms with Gasteiger partial charge in [0, 0.05) is 11.0 Å². The maximum absolute atomic E-state index is 5.48. The van der Waals surface area contributed by atoms with E-state index in [9.17, 15) is 0 Å². The zero-order valence-corrected chi connectivity index (χ0v) is 14.3. The molecule has 0 fully saturated rings. The molecule has 0 saturated heterocycles. The van der Waals surface area contributed by atoms with Crippen molar-refractivity contribution in [2.45, 2.75) is 34.2 Å². The number of benzene rings is 1. The van der Waals surface area contributed by atoms with Gasteiger partial charge in [-0.15, -0.1) is 0 Å². The number of hydrogen-bond donors (Lipinski definition) is 1. The number of halogens is 1. The summed E-state index contributed by atoms with van der Waals surface area (Å²) in [6, 6.07) is 6.28. The Hall–Kier alpha value is -0.610. The monoisotopic (exact) mass is 340 g/mol. The van der Waals surface area contributed by atoms with Crippen molar-refractivity contribution < 1.29 is 0 Å². The second kappa shape index (κ2) is 5.80. The molecule has 0 aliphatic carbocycles. The van der Waals surface area contributed by atoms with Crippen molar-refractivity contribution in [1.82, 2.24) is 9.55 Å². The summed E-state index contributed by atoms with van der Waals surface area (Å²) >= 11 is 8.98. The summed E-state index contributed by atoms with van der Waals surface area (Å²) < 4.78 is 4.13. The predicted molar refractivity (Wildman–Crippen MR) is 88.0 cm³/mol. The van der Waals surface area contributed by atoms with Crippen LogP contribution in [-0.2, 0) is 6.54 Å². The Morgan fingerprint density at radius 2 is 1.84 bits per heavy atom. The van der Waals surface area contributed by atoms with E-state index in [1.807, 2.05) is 0 Å². The molecule has 1 aromatic carbocycles. The van der Waals surface area contributed by atoms with Crippen molar-refractivity contribution in [2.75, 3.05) is 0 Å². The number of nitrogens with one attached hydrogen (secondary N) is 1. The summed E-state index contributed by atoms with van der Waals surface area (Å²) in [6.45, 7) is 10.1. The normalized spacial score (nSPS) is 12.2. The molecule has 1 heterocycles. The van der Waals surface area contributed by atoms with Crippen molar-refractivity contribution in [3.8, 4) is 0 Å². The van der Waals surface area contributed by atoms with Crippen LogP contribution in [0, 0.1) is 22.5 Å². The van der Waals surface area contributed by atoms with Crippen molar-refractivity contribution in [3.05, 3.63) is 27.4 Å². The minimum Gasteiger partial charge on any atom is -0.331 e. The number of hydrogen-bond acceptors (Lipinski definition) is 1. The Morgan fingerprint density at radius 1 is 1.21 bits per heavy atom. The quantitative estimate of drug-likeness (QED) is 0.740. The SMILES string of the molecule is CC(C)C(Cn1c(=S)[nH]c2cc(Br)ccc21)C(C)C. The van der Waals surface area contributed by atoms with Gasteiger partial charge in [0.25, 0.3) is 0 Å². The topological polar surface area (TPSA) is 20.7 Å². The molecule has 2 rings (SSSR count). The maximum atomic E-state index is 5.48. The number of nitrogens with zero attached hydrogens (tertiary/aromatic N) is 1. The average Bonchev–Trinajstić information content (AvgIpc) is 2.60. The predicted octanol–water partition coefficient (Wildman–Crippen LogP) is 5.39. The van der Waals surface area contributed by atoms with Gasteiger partial charge >= 0.3 is 0 Å². The molecule has 0 atom stereocenters. The summed E-state index contributed by atoms with van der Waals surface area (Å²) in [7, 11) is 0. The Morgan fingerprint density at radius 3 is 2.42 bits per heavy atom. The Kier molecular flexibility index (Phi) is 4.51. The molecule has 2 nitrogen and oxygen atoms in total. The molecule has 0 radical (unpaired) electrons. The molecule has 19 heavy (non-hydrogen) atoms. The van der Waals surface area contributed by atoms with Crippen LogP contribution >= 0.6 is 28.1 Å². The number of aromatic nitrogens is 2. The fourth-order valence-corrected chi connectivity index (χ4v) is 3.36. The van der Waals surface area contributed by atoms with Crippen LogP contribution in [-0.4, -0.2) is 9.55 Å². The molecule has 0 aliphatic rings. The number of fused-ring (bicyclic) bond motifs is 1. The molecule has 0 bridgehead atoms. The molecule has 0 spiro atoms. The second-order valence-corrected chi connectivity index (χ2v) is 7.16. The van der Waals surface area contributed by atoms with Gasteiger partial charge in [0.2, 0.25) is 0 Å². The summed E-state index contributed by atoms with van der Waals surface area (Å²) in [5, 5.41) is 0. The summed E-state index contributed by atoms with van der Waals surface area (Å²) in [5.41, 5.74) is 2.30. The Bertz CT molecular complexity index is 617. The van der Waals surface area contributed by atoms with Gasteiger partial charge < -0.3 is 9.55 Å². The first-order valence-electron chi connectivity index (χ1n) is 6.78. The number of H-pyrrole nitrogens is 1. The third-order valence-corrected chi connectivity index (χ3v) is 4.66. The lowest BCUT2D eigenvalue weighted by molar-refractivity contribution is 0.253. The van der Waals surface area contributed by atoms with Crippen molar-refractivity contribution in [2.24, 2.45) is 17.8 Å². The first kappa shape index (κ1) is 14.8. The van der Waals surface area contributed by atoms with Crippen LogP contribution in [0.3, 0.4) is 0 Å². The van der Waals surface area contributed by atoms with Crippen LogP contribution in [0.15, 0.2) is 22.7 Å². The van der Waals surface area contributed by atoms with Gasteiger partial charge in [-0.25, -0.2) is 0 Å². The third kappa shape index (κ3) is 3.11. The summed E-state index contributed by atoms with van der Waals surface area (Å²) in [4.78, 5) is 3.30. The van der Waals surface area contributed by atoms with E-state index in [1.165, 1.54) is 5.52 Å². The first-order valence-corrected chi connectivity index (χ1v) is 7.98. The third-order valence-electron chi connectivity index (χ3n) is 3.84.